The smallest absolute Gasteiger partial charge is 0.194 e. The Kier molecular flexibility index (Phi) is 2.94. The number of fused-ring (bicyclic) bond motifs is 4. The number of carbonyl (C=O) groups is 2. The average Bonchev–Trinajstić information content (AvgIpc) is 2.63. The third kappa shape index (κ3) is 2.07. The molecular formula is C21H10BrNO2. The van der Waals surface area contributed by atoms with E-state index >= 15 is 0 Å². The summed E-state index contributed by atoms with van der Waals surface area (Å²) in [5, 5.41) is 2.72. The summed E-state index contributed by atoms with van der Waals surface area (Å²) in [4.78, 5) is 30.4. The highest BCUT2D eigenvalue weighted by Crippen LogP contribution is 2.33. The molecule has 1 heterocycles. The molecule has 0 saturated carbocycles. The molecule has 1 aliphatic carbocycles. The second-order valence-corrected chi connectivity index (χ2v) is 7.06. The first-order chi connectivity index (χ1) is 12.1. The zero-order valence-corrected chi connectivity index (χ0v) is 14.5. The van der Waals surface area contributed by atoms with Crippen LogP contribution in [0.1, 0.15) is 31.8 Å². The number of nitrogens with zero attached hydrogens (tertiary/aromatic N) is 1. The van der Waals surface area contributed by atoms with E-state index in [9.17, 15) is 9.59 Å². The summed E-state index contributed by atoms with van der Waals surface area (Å²) >= 11 is 3.45. The van der Waals surface area contributed by atoms with E-state index in [1.165, 1.54) is 0 Å². The lowest BCUT2D eigenvalue weighted by atomic mass is 9.82. The Labute approximate surface area is 151 Å². The highest BCUT2D eigenvalue weighted by atomic mass is 79.9. The Hall–Kier alpha value is -2.85. The van der Waals surface area contributed by atoms with Crippen molar-refractivity contribution < 1.29 is 9.59 Å². The summed E-state index contributed by atoms with van der Waals surface area (Å²) in [5.74, 6) is -0.237. The second kappa shape index (κ2) is 5.07. The van der Waals surface area contributed by atoms with Crippen LogP contribution in [0.15, 0.2) is 65.3 Å². The topological polar surface area (TPSA) is 47.0 Å². The van der Waals surface area contributed by atoms with Crippen LogP contribution in [0.25, 0.3) is 21.7 Å². The van der Waals surface area contributed by atoms with Gasteiger partial charge in [-0.1, -0.05) is 28.1 Å². The highest BCUT2D eigenvalue weighted by molar-refractivity contribution is 9.10. The van der Waals surface area contributed by atoms with Gasteiger partial charge >= 0.3 is 0 Å². The molecule has 3 nitrogen and oxygen atoms in total. The number of pyridine rings is 1. The van der Waals surface area contributed by atoms with Crippen molar-refractivity contribution in [2.24, 2.45) is 0 Å². The average molecular weight is 388 g/mol. The number of aromatic nitrogens is 1. The minimum Gasteiger partial charge on any atom is -0.289 e. The lowest BCUT2D eigenvalue weighted by Crippen LogP contribution is -2.21. The molecule has 4 heteroatoms. The minimum atomic E-state index is -0.123. The van der Waals surface area contributed by atoms with E-state index in [0.717, 1.165) is 26.1 Å². The first-order valence-corrected chi connectivity index (χ1v) is 8.62. The molecule has 1 aromatic heterocycles. The molecule has 0 spiro atoms. The van der Waals surface area contributed by atoms with Crippen LogP contribution in [-0.2, 0) is 0 Å². The van der Waals surface area contributed by atoms with Gasteiger partial charge in [-0.3, -0.25) is 14.6 Å². The van der Waals surface area contributed by atoms with Crippen LogP contribution in [0, 0.1) is 0 Å². The van der Waals surface area contributed by atoms with Gasteiger partial charge in [0.2, 0.25) is 0 Å². The Morgan fingerprint density at radius 2 is 1.32 bits per heavy atom. The third-order valence-corrected chi connectivity index (χ3v) is 5.15. The maximum atomic E-state index is 13.0. The highest BCUT2D eigenvalue weighted by Gasteiger charge is 2.30. The van der Waals surface area contributed by atoms with Gasteiger partial charge in [-0.25, -0.2) is 0 Å². The number of hydrogen-bond acceptors (Lipinski definition) is 3. The van der Waals surface area contributed by atoms with Crippen LogP contribution in [0.3, 0.4) is 0 Å². The molecule has 0 bridgehead atoms. The molecule has 0 amide bonds. The van der Waals surface area contributed by atoms with Crippen LogP contribution in [-0.4, -0.2) is 16.6 Å². The molecule has 4 aromatic rings. The molecule has 25 heavy (non-hydrogen) atoms. The number of hydrogen-bond donors (Lipinski definition) is 0. The van der Waals surface area contributed by atoms with Crippen molar-refractivity contribution in [2.45, 2.75) is 0 Å². The summed E-state index contributed by atoms with van der Waals surface area (Å²) in [6, 6.07) is 16.6. The van der Waals surface area contributed by atoms with Crippen molar-refractivity contribution in [2.75, 3.05) is 0 Å². The van der Waals surface area contributed by atoms with E-state index in [4.69, 9.17) is 0 Å². The normalized spacial score (nSPS) is 13.2. The van der Waals surface area contributed by atoms with E-state index in [1.807, 2.05) is 42.5 Å². The standard InChI is InChI=1S/C21H10BrNO2/c22-14-4-3-11-7-15-17(9-13(11)6-14)20(24)16-8-12-2-1-5-23-19(12)10-18(16)21(15)25/h1-10H. The van der Waals surface area contributed by atoms with Gasteiger partial charge in [-0.05, 0) is 53.2 Å². The van der Waals surface area contributed by atoms with Gasteiger partial charge in [0, 0.05) is 38.3 Å². The molecule has 0 radical (unpaired) electrons. The molecule has 0 saturated heterocycles. The first-order valence-electron chi connectivity index (χ1n) is 7.83. The quantitative estimate of drug-likeness (QED) is 0.378. The maximum Gasteiger partial charge on any atom is 0.194 e. The summed E-state index contributed by atoms with van der Waals surface area (Å²) in [5.41, 5.74) is 2.53. The van der Waals surface area contributed by atoms with Gasteiger partial charge in [0.05, 0.1) is 5.52 Å². The second-order valence-electron chi connectivity index (χ2n) is 6.14. The van der Waals surface area contributed by atoms with Gasteiger partial charge in [0.25, 0.3) is 0 Å². The lowest BCUT2D eigenvalue weighted by Gasteiger charge is -2.19. The number of benzene rings is 3. The van der Waals surface area contributed by atoms with Crippen molar-refractivity contribution in [1.29, 1.82) is 0 Å². The fourth-order valence-electron chi connectivity index (χ4n) is 3.43. The van der Waals surface area contributed by atoms with Crippen LogP contribution < -0.4 is 0 Å². The summed E-state index contributed by atoms with van der Waals surface area (Å²) < 4.78 is 0.937. The van der Waals surface area contributed by atoms with Gasteiger partial charge in [-0.2, -0.15) is 0 Å². The van der Waals surface area contributed by atoms with E-state index in [2.05, 4.69) is 20.9 Å². The van der Waals surface area contributed by atoms with Crippen molar-refractivity contribution in [3.8, 4) is 0 Å². The fraction of sp³-hybridized carbons (Fsp3) is 0. The Bertz CT molecular complexity index is 1240. The predicted molar refractivity (Wildman–Crippen MR) is 100 cm³/mol. The zero-order valence-electron chi connectivity index (χ0n) is 12.9. The molecule has 0 fully saturated rings. The van der Waals surface area contributed by atoms with Gasteiger partial charge in [-0.15, -0.1) is 0 Å². The van der Waals surface area contributed by atoms with Gasteiger partial charge in [0.1, 0.15) is 0 Å². The molecule has 0 unspecified atom stereocenters. The molecule has 0 aliphatic heterocycles. The van der Waals surface area contributed by atoms with Crippen molar-refractivity contribution >= 4 is 49.2 Å². The SMILES string of the molecule is O=C1c2cc3cc(Br)ccc3cc2C(=O)c2cc3ncccc3cc21. The first kappa shape index (κ1) is 14.5. The van der Waals surface area contributed by atoms with Crippen LogP contribution in [0.4, 0.5) is 0 Å². The number of rotatable bonds is 0. The van der Waals surface area contributed by atoms with Crippen LogP contribution in [0.2, 0.25) is 0 Å². The van der Waals surface area contributed by atoms with Crippen LogP contribution >= 0.6 is 15.9 Å². The molecular weight excluding hydrogens is 378 g/mol. The van der Waals surface area contributed by atoms with E-state index in [0.29, 0.717) is 22.3 Å². The summed E-state index contributed by atoms with van der Waals surface area (Å²) in [6.07, 6.45) is 1.68. The molecule has 5 rings (SSSR count). The number of ketones is 2. The van der Waals surface area contributed by atoms with Crippen molar-refractivity contribution in [1.82, 2.24) is 4.98 Å². The minimum absolute atomic E-state index is 0.114. The lowest BCUT2D eigenvalue weighted by molar-refractivity contribution is 0.0979. The van der Waals surface area contributed by atoms with Crippen molar-refractivity contribution in [3.63, 3.8) is 0 Å². The van der Waals surface area contributed by atoms with Gasteiger partial charge < -0.3 is 0 Å². The fourth-order valence-corrected chi connectivity index (χ4v) is 3.81. The Morgan fingerprint density at radius 1 is 0.680 bits per heavy atom. The monoisotopic (exact) mass is 387 g/mol. The van der Waals surface area contributed by atoms with Crippen LogP contribution in [0.5, 0.6) is 0 Å². The molecule has 3 aromatic carbocycles. The van der Waals surface area contributed by atoms with E-state index in [-0.39, 0.29) is 11.6 Å². The Morgan fingerprint density at radius 3 is 2.08 bits per heavy atom. The molecule has 0 atom stereocenters. The third-order valence-electron chi connectivity index (χ3n) is 4.66. The summed E-state index contributed by atoms with van der Waals surface area (Å²) in [7, 11) is 0. The van der Waals surface area contributed by atoms with Crippen molar-refractivity contribution in [3.05, 3.63) is 87.5 Å². The number of halogens is 1. The molecule has 0 N–H and O–H groups in total. The molecule has 1 aliphatic rings. The maximum absolute atomic E-state index is 13.0. The molecule has 118 valence electrons. The summed E-state index contributed by atoms with van der Waals surface area (Å²) in [6.45, 7) is 0. The predicted octanol–water partition coefficient (Wildman–Crippen LogP) is 4.93. The largest absolute Gasteiger partial charge is 0.289 e. The van der Waals surface area contributed by atoms with E-state index in [1.54, 1.807) is 18.3 Å². The Balaban J connectivity index is 1.83. The zero-order chi connectivity index (χ0) is 17.1. The number of carbonyl (C=O) groups excluding carboxylic acids is 2. The van der Waals surface area contributed by atoms with Gasteiger partial charge in [0.15, 0.2) is 11.6 Å². The van der Waals surface area contributed by atoms with E-state index < -0.39 is 0 Å².